The van der Waals surface area contributed by atoms with Crippen molar-refractivity contribution in [2.24, 2.45) is 0 Å². The molecule has 3 nitrogen and oxygen atoms in total. The molecule has 0 aliphatic carbocycles. The number of nitrogens with one attached hydrogen (secondary N) is 1. The second kappa shape index (κ2) is 8.47. The van der Waals surface area contributed by atoms with E-state index in [0.29, 0.717) is 23.6 Å². The SMILES string of the molecule is N#CCc1ccc(NC(=O)CCSc2ccccc2Cl)cc1. The molecule has 2 aromatic rings. The van der Waals surface area contributed by atoms with Gasteiger partial charge < -0.3 is 5.32 Å². The zero-order valence-electron chi connectivity index (χ0n) is 11.9. The van der Waals surface area contributed by atoms with E-state index in [1.165, 1.54) is 0 Å². The summed E-state index contributed by atoms with van der Waals surface area (Å²) in [7, 11) is 0. The number of halogens is 1. The number of hydrogen-bond acceptors (Lipinski definition) is 3. The molecule has 0 radical (unpaired) electrons. The van der Waals surface area contributed by atoms with E-state index in [4.69, 9.17) is 16.9 Å². The monoisotopic (exact) mass is 330 g/mol. The first-order valence-electron chi connectivity index (χ1n) is 6.82. The Balaban J connectivity index is 1.78. The van der Waals surface area contributed by atoms with Gasteiger partial charge in [-0.05, 0) is 29.8 Å². The van der Waals surface area contributed by atoms with Crippen LogP contribution in [0.2, 0.25) is 5.02 Å². The first-order valence-corrected chi connectivity index (χ1v) is 8.18. The molecule has 1 N–H and O–H groups in total. The molecule has 112 valence electrons. The van der Waals surface area contributed by atoms with Crippen LogP contribution in [0, 0.1) is 11.3 Å². The van der Waals surface area contributed by atoms with Crippen molar-refractivity contribution >= 4 is 35.0 Å². The van der Waals surface area contributed by atoms with Gasteiger partial charge in [-0.15, -0.1) is 11.8 Å². The Labute approximate surface area is 139 Å². The Morgan fingerprint density at radius 3 is 2.59 bits per heavy atom. The van der Waals surface area contributed by atoms with Crippen LogP contribution in [-0.4, -0.2) is 11.7 Å². The van der Waals surface area contributed by atoms with Crippen molar-refractivity contribution < 1.29 is 4.79 Å². The molecule has 2 rings (SSSR count). The van der Waals surface area contributed by atoms with E-state index < -0.39 is 0 Å². The third-order valence-corrected chi connectivity index (χ3v) is 4.46. The van der Waals surface area contributed by atoms with E-state index >= 15 is 0 Å². The number of anilines is 1. The molecule has 2 aromatic carbocycles. The molecule has 0 heterocycles. The summed E-state index contributed by atoms with van der Waals surface area (Å²) in [6.07, 6.45) is 0.790. The second-order valence-electron chi connectivity index (χ2n) is 4.61. The highest BCUT2D eigenvalue weighted by Crippen LogP contribution is 2.27. The topological polar surface area (TPSA) is 52.9 Å². The first kappa shape index (κ1) is 16.4. The smallest absolute Gasteiger partial charge is 0.225 e. The molecular weight excluding hydrogens is 316 g/mol. The number of rotatable bonds is 6. The summed E-state index contributed by atoms with van der Waals surface area (Å²) in [5.74, 6) is 0.634. The Morgan fingerprint density at radius 2 is 1.91 bits per heavy atom. The Bertz CT molecular complexity index is 680. The van der Waals surface area contributed by atoms with Gasteiger partial charge >= 0.3 is 0 Å². The highest BCUT2D eigenvalue weighted by atomic mass is 35.5. The second-order valence-corrected chi connectivity index (χ2v) is 6.15. The van der Waals surface area contributed by atoms with E-state index in [2.05, 4.69) is 11.4 Å². The molecule has 0 aromatic heterocycles. The number of carbonyl (C=O) groups excluding carboxylic acids is 1. The quantitative estimate of drug-likeness (QED) is 0.792. The molecule has 0 saturated carbocycles. The fourth-order valence-electron chi connectivity index (χ4n) is 1.84. The van der Waals surface area contributed by atoms with Crippen LogP contribution in [0.4, 0.5) is 5.69 Å². The van der Waals surface area contributed by atoms with Gasteiger partial charge in [0.15, 0.2) is 0 Å². The van der Waals surface area contributed by atoms with Crippen LogP contribution in [0.25, 0.3) is 0 Å². The zero-order chi connectivity index (χ0) is 15.8. The van der Waals surface area contributed by atoms with Crippen LogP contribution in [0.15, 0.2) is 53.4 Å². The maximum absolute atomic E-state index is 11.9. The molecule has 0 saturated heterocycles. The summed E-state index contributed by atoms with van der Waals surface area (Å²) in [5.41, 5.74) is 1.68. The number of nitriles is 1. The fourth-order valence-corrected chi connectivity index (χ4v) is 3.02. The lowest BCUT2D eigenvalue weighted by molar-refractivity contribution is -0.115. The number of amides is 1. The predicted molar refractivity (Wildman–Crippen MR) is 91.2 cm³/mol. The lowest BCUT2D eigenvalue weighted by Gasteiger charge is -2.06. The van der Waals surface area contributed by atoms with Gasteiger partial charge in [0.2, 0.25) is 5.91 Å². The maximum Gasteiger partial charge on any atom is 0.225 e. The zero-order valence-corrected chi connectivity index (χ0v) is 13.5. The van der Waals surface area contributed by atoms with Gasteiger partial charge in [0, 0.05) is 22.8 Å². The van der Waals surface area contributed by atoms with Gasteiger partial charge in [0.25, 0.3) is 0 Å². The lowest BCUT2D eigenvalue weighted by atomic mass is 10.1. The summed E-state index contributed by atoms with van der Waals surface area (Å²) >= 11 is 7.63. The normalized spacial score (nSPS) is 10.0. The van der Waals surface area contributed by atoms with E-state index in [9.17, 15) is 4.79 Å². The van der Waals surface area contributed by atoms with Gasteiger partial charge in [0.1, 0.15) is 0 Å². The minimum absolute atomic E-state index is 0.0346. The molecule has 1 amide bonds. The third kappa shape index (κ3) is 5.10. The molecule has 22 heavy (non-hydrogen) atoms. The standard InChI is InChI=1S/C17H15ClN2OS/c18-15-3-1-2-4-16(15)22-12-10-17(21)20-14-7-5-13(6-8-14)9-11-19/h1-8H,9-10,12H2,(H,20,21). The third-order valence-electron chi connectivity index (χ3n) is 2.94. The van der Waals surface area contributed by atoms with Crippen LogP contribution in [0.3, 0.4) is 0 Å². The Hall–Kier alpha value is -1.96. The average Bonchev–Trinajstić information content (AvgIpc) is 2.51. The molecule has 0 atom stereocenters. The molecule has 0 spiro atoms. The van der Waals surface area contributed by atoms with Crippen LogP contribution in [-0.2, 0) is 11.2 Å². The van der Waals surface area contributed by atoms with Crippen molar-refractivity contribution in [3.05, 3.63) is 59.1 Å². The lowest BCUT2D eigenvalue weighted by Crippen LogP contribution is -2.12. The minimum Gasteiger partial charge on any atom is -0.326 e. The van der Waals surface area contributed by atoms with Gasteiger partial charge in [0.05, 0.1) is 17.5 Å². The van der Waals surface area contributed by atoms with Crippen molar-refractivity contribution in [2.45, 2.75) is 17.7 Å². The highest BCUT2D eigenvalue weighted by Gasteiger charge is 2.05. The van der Waals surface area contributed by atoms with Crippen LogP contribution in [0.5, 0.6) is 0 Å². The van der Waals surface area contributed by atoms with Crippen LogP contribution < -0.4 is 5.32 Å². The van der Waals surface area contributed by atoms with Crippen molar-refractivity contribution in [2.75, 3.05) is 11.1 Å². The molecular formula is C17H15ClN2OS. The predicted octanol–water partition coefficient (Wildman–Crippen LogP) is 4.53. The van der Waals surface area contributed by atoms with E-state index in [-0.39, 0.29) is 5.91 Å². The van der Waals surface area contributed by atoms with E-state index in [1.54, 1.807) is 11.8 Å². The van der Waals surface area contributed by atoms with Gasteiger partial charge in [-0.1, -0.05) is 35.9 Å². The van der Waals surface area contributed by atoms with Crippen LogP contribution in [0.1, 0.15) is 12.0 Å². The fraction of sp³-hybridized carbons (Fsp3) is 0.176. The van der Waals surface area contributed by atoms with Crippen molar-refractivity contribution in [3.8, 4) is 6.07 Å². The van der Waals surface area contributed by atoms with Crippen molar-refractivity contribution in [3.63, 3.8) is 0 Å². The Kier molecular flexibility index (Phi) is 6.32. The van der Waals surface area contributed by atoms with Gasteiger partial charge in [-0.3, -0.25) is 4.79 Å². The molecule has 0 unspecified atom stereocenters. The molecule has 0 aliphatic heterocycles. The number of nitrogens with zero attached hydrogens (tertiary/aromatic N) is 1. The minimum atomic E-state index is -0.0346. The molecule has 0 fully saturated rings. The average molecular weight is 331 g/mol. The highest BCUT2D eigenvalue weighted by molar-refractivity contribution is 7.99. The van der Waals surface area contributed by atoms with Gasteiger partial charge in [-0.2, -0.15) is 5.26 Å². The Morgan fingerprint density at radius 1 is 1.18 bits per heavy atom. The summed E-state index contributed by atoms with van der Waals surface area (Å²) in [5, 5.41) is 12.2. The number of thioether (sulfide) groups is 1. The van der Waals surface area contributed by atoms with E-state index in [1.807, 2.05) is 48.5 Å². The number of hydrogen-bond donors (Lipinski definition) is 1. The van der Waals surface area contributed by atoms with Gasteiger partial charge in [-0.25, -0.2) is 0 Å². The largest absolute Gasteiger partial charge is 0.326 e. The maximum atomic E-state index is 11.9. The summed E-state index contributed by atoms with van der Waals surface area (Å²) < 4.78 is 0. The van der Waals surface area contributed by atoms with Crippen molar-refractivity contribution in [1.82, 2.24) is 0 Å². The number of carbonyl (C=O) groups is 1. The molecule has 0 bridgehead atoms. The van der Waals surface area contributed by atoms with Crippen molar-refractivity contribution in [1.29, 1.82) is 5.26 Å². The molecule has 0 aliphatic rings. The first-order chi connectivity index (χ1) is 10.7. The van der Waals surface area contributed by atoms with Crippen LogP contribution >= 0.6 is 23.4 Å². The van der Waals surface area contributed by atoms with E-state index in [0.717, 1.165) is 16.1 Å². The summed E-state index contributed by atoms with van der Waals surface area (Å²) in [6.45, 7) is 0. The summed E-state index contributed by atoms with van der Waals surface area (Å²) in [6, 6.07) is 17.0. The number of benzene rings is 2. The molecule has 5 heteroatoms. The summed E-state index contributed by atoms with van der Waals surface area (Å²) in [4.78, 5) is 12.9.